The van der Waals surface area contributed by atoms with E-state index in [1.165, 1.54) is 12.1 Å². The maximum absolute atomic E-state index is 11.5. The molecule has 1 aromatic heterocycles. The third-order valence-electron chi connectivity index (χ3n) is 3.12. The van der Waals surface area contributed by atoms with E-state index in [4.69, 9.17) is 28.7 Å². The van der Waals surface area contributed by atoms with Crippen LogP contribution in [0.3, 0.4) is 0 Å². The van der Waals surface area contributed by atoms with Crippen LogP contribution in [0.25, 0.3) is 32.2 Å². The third-order valence-corrected chi connectivity index (χ3v) is 4.43. The zero-order chi connectivity index (χ0) is 16.1. The average molecular weight is 357 g/mol. The van der Waals surface area contributed by atoms with Crippen LogP contribution in [0.4, 0.5) is 5.69 Å². The molecule has 0 radical (unpaired) electrons. The number of nitrogens with one attached hydrogen (secondary N) is 1. The summed E-state index contributed by atoms with van der Waals surface area (Å²) in [5.74, 6) is 0. The Hall–Kier alpha value is -1.96. The van der Waals surface area contributed by atoms with E-state index in [2.05, 4.69) is 15.0 Å². The molecule has 0 atom stereocenters. The summed E-state index contributed by atoms with van der Waals surface area (Å²) in [5.41, 5.74) is 9.37. The summed E-state index contributed by atoms with van der Waals surface area (Å²) in [6, 6.07) is 5.67. The van der Waals surface area contributed by atoms with Crippen LogP contribution < -0.4 is 0 Å². The Morgan fingerprint density at radius 2 is 1.68 bits per heavy atom. The Bertz CT molecular complexity index is 1080. The SMILES string of the molecule is [N-]=[N+]=Nc1cc(Cl)cc2c1[nH]c1c(S(=O)(=O)O)cc(Cl)cc12. The van der Waals surface area contributed by atoms with Crippen molar-refractivity contribution in [1.29, 1.82) is 0 Å². The highest BCUT2D eigenvalue weighted by Gasteiger charge is 2.19. The van der Waals surface area contributed by atoms with Gasteiger partial charge in [0.2, 0.25) is 0 Å². The molecule has 0 fully saturated rings. The summed E-state index contributed by atoms with van der Waals surface area (Å²) >= 11 is 11.9. The van der Waals surface area contributed by atoms with Crippen LogP contribution in [-0.4, -0.2) is 18.0 Å². The zero-order valence-corrected chi connectivity index (χ0v) is 12.9. The van der Waals surface area contributed by atoms with E-state index >= 15 is 0 Å². The summed E-state index contributed by atoms with van der Waals surface area (Å²) < 4.78 is 32.4. The predicted molar refractivity (Wildman–Crippen MR) is 84.4 cm³/mol. The molecule has 22 heavy (non-hydrogen) atoms. The molecule has 0 aliphatic heterocycles. The van der Waals surface area contributed by atoms with Crippen LogP contribution in [0.1, 0.15) is 0 Å². The molecule has 2 aromatic carbocycles. The topological polar surface area (TPSA) is 119 Å². The van der Waals surface area contributed by atoms with Crippen LogP contribution in [-0.2, 0) is 10.1 Å². The first kappa shape index (κ1) is 15.0. The average Bonchev–Trinajstić information content (AvgIpc) is 2.76. The molecule has 0 aliphatic rings. The van der Waals surface area contributed by atoms with Gasteiger partial charge in [-0.1, -0.05) is 28.3 Å². The van der Waals surface area contributed by atoms with Crippen LogP contribution in [0.15, 0.2) is 34.3 Å². The van der Waals surface area contributed by atoms with Crippen molar-refractivity contribution < 1.29 is 13.0 Å². The number of hydrogen-bond donors (Lipinski definition) is 2. The summed E-state index contributed by atoms with van der Waals surface area (Å²) in [7, 11) is -4.49. The molecule has 7 nitrogen and oxygen atoms in total. The standard InChI is InChI=1S/C12H6Cl2N4O3S/c13-5-1-7-8-2-6(14)4-10(22(19,20)21)12(8)16-11(7)9(3-5)17-18-15/h1-4,16H,(H,19,20,21). The molecule has 0 saturated carbocycles. The van der Waals surface area contributed by atoms with Gasteiger partial charge in [0.05, 0.1) is 16.7 Å². The predicted octanol–water partition coefficient (Wildman–Crippen LogP) is 4.82. The molecule has 10 heteroatoms. The van der Waals surface area contributed by atoms with E-state index in [-0.39, 0.29) is 21.1 Å². The molecule has 112 valence electrons. The fourth-order valence-corrected chi connectivity index (χ4v) is 3.51. The lowest BCUT2D eigenvalue weighted by Gasteiger charge is -2.00. The van der Waals surface area contributed by atoms with E-state index in [0.717, 1.165) is 6.07 Å². The quantitative estimate of drug-likeness (QED) is 0.296. The number of aromatic amines is 1. The second-order valence-electron chi connectivity index (χ2n) is 4.46. The minimum absolute atomic E-state index is 0.131. The highest BCUT2D eigenvalue weighted by atomic mass is 35.5. The van der Waals surface area contributed by atoms with Gasteiger partial charge in [-0.15, -0.1) is 0 Å². The zero-order valence-electron chi connectivity index (χ0n) is 10.6. The Morgan fingerprint density at radius 1 is 1.09 bits per heavy atom. The Balaban J connectivity index is 2.60. The fraction of sp³-hybridized carbons (Fsp3) is 0. The van der Waals surface area contributed by atoms with Crippen molar-refractivity contribution in [2.75, 3.05) is 0 Å². The van der Waals surface area contributed by atoms with Gasteiger partial charge in [0.25, 0.3) is 10.1 Å². The van der Waals surface area contributed by atoms with Crippen molar-refractivity contribution >= 4 is 60.8 Å². The first-order valence-corrected chi connectivity index (χ1v) is 7.98. The van der Waals surface area contributed by atoms with Crippen molar-refractivity contribution in [3.05, 3.63) is 44.8 Å². The van der Waals surface area contributed by atoms with Crippen LogP contribution >= 0.6 is 23.2 Å². The normalized spacial score (nSPS) is 11.8. The number of rotatable bonds is 2. The van der Waals surface area contributed by atoms with E-state index in [9.17, 15) is 13.0 Å². The first-order valence-electron chi connectivity index (χ1n) is 5.78. The summed E-state index contributed by atoms with van der Waals surface area (Å²) in [6.45, 7) is 0. The second kappa shape index (κ2) is 5.05. The molecule has 0 bridgehead atoms. The first-order chi connectivity index (χ1) is 10.3. The largest absolute Gasteiger partial charge is 0.353 e. The number of azide groups is 1. The van der Waals surface area contributed by atoms with E-state index < -0.39 is 10.1 Å². The number of hydrogen-bond acceptors (Lipinski definition) is 3. The monoisotopic (exact) mass is 356 g/mol. The van der Waals surface area contributed by atoms with Gasteiger partial charge in [-0.2, -0.15) is 8.42 Å². The van der Waals surface area contributed by atoms with Gasteiger partial charge < -0.3 is 4.98 Å². The van der Waals surface area contributed by atoms with Crippen molar-refractivity contribution in [3.63, 3.8) is 0 Å². The lowest BCUT2D eigenvalue weighted by atomic mass is 10.1. The van der Waals surface area contributed by atoms with Crippen molar-refractivity contribution in [2.24, 2.45) is 5.11 Å². The van der Waals surface area contributed by atoms with Gasteiger partial charge in [-0.05, 0) is 29.8 Å². The molecule has 0 saturated heterocycles. The lowest BCUT2D eigenvalue weighted by molar-refractivity contribution is 0.484. The van der Waals surface area contributed by atoms with Gasteiger partial charge in [-0.25, -0.2) is 0 Å². The highest BCUT2D eigenvalue weighted by Crippen LogP contribution is 2.38. The van der Waals surface area contributed by atoms with Crippen LogP contribution in [0, 0.1) is 0 Å². The Labute approximate surface area is 133 Å². The summed E-state index contributed by atoms with van der Waals surface area (Å²) in [4.78, 5) is 5.18. The van der Waals surface area contributed by atoms with E-state index in [1.807, 2.05) is 0 Å². The molecular formula is C12H6Cl2N4O3S. The number of halogens is 2. The number of fused-ring (bicyclic) bond motifs is 3. The van der Waals surface area contributed by atoms with Gasteiger partial charge >= 0.3 is 0 Å². The maximum Gasteiger partial charge on any atom is 0.296 e. The second-order valence-corrected chi connectivity index (χ2v) is 6.73. The van der Waals surface area contributed by atoms with Crippen LogP contribution in [0.2, 0.25) is 10.0 Å². The lowest BCUT2D eigenvalue weighted by Crippen LogP contribution is -1.99. The minimum Gasteiger partial charge on any atom is -0.353 e. The van der Waals surface area contributed by atoms with Gasteiger partial charge in [0.15, 0.2) is 0 Å². The van der Waals surface area contributed by atoms with Crippen molar-refractivity contribution in [3.8, 4) is 0 Å². The van der Waals surface area contributed by atoms with Crippen LogP contribution in [0.5, 0.6) is 0 Å². The number of nitrogens with zero attached hydrogens (tertiary/aromatic N) is 3. The number of aromatic nitrogens is 1. The van der Waals surface area contributed by atoms with Gasteiger partial charge in [0, 0.05) is 25.7 Å². The molecular weight excluding hydrogens is 351 g/mol. The summed E-state index contributed by atoms with van der Waals surface area (Å²) in [5, 5.41) is 4.93. The van der Waals surface area contributed by atoms with Crippen molar-refractivity contribution in [2.45, 2.75) is 4.90 Å². The number of benzene rings is 2. The van der Waals surface area contributed by atoms with Gasteiger partial charge in [-0.3, -0.25) is 4.55 Å². The summed E-state index contributed by atoms with van der Waals surface area (Å²) in [6.07, 6.45) is 0. The molecule has 0 spiro atoms. The molecule has 0 aliphatic carbocycles. The van der Waals surface area contributed by atoms with E-state index in [1.54, 1.807) is 6.07 Å². The molecule has 0 amide bonds. The molecule has 2 N–H and O–H groups in total. The van der Waals surface area contributed by atoms with Gasteiger partial charge in [0.1, 0.15) is 4.90 Å². The molecule has 0 unspecified atom stereocenters. The maximum atomic E-state index is 11.5. The Morgan fingerprint density at radius 3 is 2.27 bits per heavy atom. The fourth-order valence-electron chi connectivity index (χ4n) is 2.31. The molecule has 1 heterocycles. The molecule has 3 rings (SSSR count). The Kier molecular flexibility index (Phi) is 3.43. The highest BCUT2D eigenvalue weighted by molar-refractivity contribution is 7.86. The smallest absolute Gasteiger partial charge is 0.296 e. The molecule has 3 aromatic rings. The van der Waals surface area contributed by atoms with Crippen molar-refractivity contribution in [1.82, 2.24) is 4.98 Å². The van der Waals surface area contributed by atoms with E-state index in [0.29, 0.717) is 21.3 Å². The number of H-pyrrole nitrogens is 1. The minimum atomic E-state index is -4.49. The third kappa shape index (κ3) is 2.37.